The Morgan fingerprint density at radius 3 is 2.76 bits per heavy atom. The van der Waals surface area contributed by atoms with Crippen LogP contribution in [0.5, 0.6) is 5.75 Å². The molecule has 130 valence electrons. The number of rotatable bonds is 4. The van der Waals surface area contributed by atoms with E-state index in [0.29, 0.717) is 21.6 Å². The smallest absolute Gasteiger partial charge is 0.252 e. The van der Waals surface area contributed by atoms with Gasteiger partial charge in [-0.15, -0.1) is 11.8 Å². The number of thiocarbonyl (C=S) groups is 1. The maximum absolute atomic E-state index is 12.3. The standard InChI is InChI=1S/C17H16ClN3O2S2/c1-23-14-9-5-4-8-13(14)19-17(24)20-21-15(22)10-25-16(21)11-6-2-3-7-12(11)18/h2-9,16H,10H2,1H3,(H2,19,20,24)/t16-/m0/s1. The van der Waals surface area contributed by atoms with E-state index in [1.54, 1.807) is 7.11 Å². The molecule has 1 fully saturated rings. The first-order valence-electron chi connectivity index (χ1n) is 7.49. The van der Waals surface area contributed by atoms with Gasteiger partial charge in [0.25, 0.3) is 5.91 Å². The molecule has 0 bridgehead atoms. The average Bonchev–Trinajstić information content (AvgIpc) is 2.96. The number of methoxy groups -OCH3 is 1. The number of nitrogens with one attached hydrogen (secondary N) is 2. The van der Waals surface area contributed by atoms with Gasteiger partial charge in [0.15, 0.2) is 5.11 Å². The first-order valence-corrected chi connectivity index (χ1v) is 9.32. The number of nitrogens with zero attached hydrogens (tertiary/aromatic N) is 1. The van der Waals surface area contributed by atoms with Gasteiger partial charge in [-0.2, -0.15) is 0 Å². The van der Waals surface area contributed by atoms with E-state index in [1.165, 1.54) is 16.8 Å². The quantitative estimate of drug-likeness (QED) is 0.770. The molecular formula is C17H16ClN3O2S2. The topological polar surface area (TPSA) is 53.6 Å². The number of amides is 1. The number of halogens is 1. The highest BCUT2D eigenvalue weighted by atomic mass is 35.5. The molecule has 1 heterocycles. The number of hydrazine groups is 1. The Labute approximate surface area is 160 Å². The molecular weight excluding hydrogens is 378 g/mol. The van der Waals surface area contributed by atoms with E-state index in [1.807, 2.05) is 48.5 Å². The van der Waals surface area contributed by atoms with Crippen LogP contribution in [0.4, 0.5) is 5.69 Å². The summed E-state index contributed by atoms with van der Waals surface area (Å²) in [5.74, 6) is 0.968. The van der Waals surface area contributed by atoms with Gasteiger partial charge in [0.1, 0.15) is 11.1 Å². The number of para-hydroxylation sites is 2. The Morgan fingerprint density at radius 1 is 1.28 bits per heavy atom. The van der Waals surface area contributed by atoms with Gasteiger partial charge in [-0.1, -0.05) is 41.9 Å². The van der Waals surface area contributed by atoms with Crippen molar-refractivity contribution in [2.45, 2.75) is 5.37 Å². The Kier molecular flexibility index (Phi) is 5.67. The molecule has 0 aliphatic carbocycles. The molecule has 8 heteroatoms. The van der Waals surface area contributed by atoms with Gasteiger partial charge in [-0.05, 0) is 30.4 Å². The third-order valence-electron chi connectivity index (χ3n) is 3.62. The van der Waals surface area contributed by atoms with Crippen molar-refractivity contribution in [1.29, 1.82) is 0 Å². The van der Waals surface area contributed by atoms with Crippen LogP contribution >= 0.6 is 35.6 Å². The van der Waals surface area contributed by atoms with Crippen molar-refractivity contribution in [2.24, 2.45) is 0 Å². The van der Waals surface area contributed by atoms with Gasteiger partial charge in [-0.25, -0.2) is 5.01 Å². The van der Waals surface area contributed by atoms with E-state index in [0.717, 1.165) is 11.3 Å². The summed E-state index contributed by atoms with van der Waals surface area (Å²) in [6.45, 7) is 0. The number of hydrogen-bond acceptors (Lipinski definition) is 4. The zero-order valence-electron chi connectivity index (χ0n) is 13.4. The van der Waals surface area contributed by atoms with Crippen LogP contribution in [0.2, 0.25) is 5.02 Å². The third-order valence-corrected chi connectivity index (χ3v) is 5.35. The summed E-state index contributed by atoms with van der Waals surface area (Å²) >= 11 is 13.1. The summed E-state index contributed by atoms with van der Waals surface area (Å²) in [5, 5.41) is 5.25. The minimum atomic E-state index is -0.237. The Hall–Kier alpha value is -1.96. The summed E-state index contributed by atoms with van der Waals surface area (Å²) in [4.78, 5) is 12.3. The van der Waals surface area contributed by atoms with E-state index in [4.69, 9.17) is 28.6 Å². The van der Waals surface area contributed by atoms with Crippen LogP contribution in [0.3, 0.4) is 0 Å². The molecule has 2 aromatic carbocycles. The maximum Gasteiger partial charge on any atom is 0.252 e. The fourth-order valence-electron chi connectivity index (χ4n) is 2.46. The number of carbonyl (C=O) groups excluding carboxylic acids is 1. The van der Waals surface area contributed by atoms with Crippen LogP contribution in [-0.4, -0.2) is 28.9 Å². The number of hydrogen-bond donors (Lipinski definition) is 2. The predicted octanol–water partition coefficient (Wildman–Crippen LogP) is 3.82. The van der Waals surface area contributed by atoms with Crippen LogP contribution in [0, 0.1) is 0 Å². The molecule has 25 heavy (non-hydrogen) atoms. The summed E-state index contributed by atoms with van der Waals surface area (Å²) in [6, 6.07) is 14.9. The lowest BCUT2D eigenvalue weighted by molar-refractivity contribution is -0.129. The fourth-order valence-corrected chi connectivity index (χ4v) is 4.11. The molecule has 0 spiro atoms. The van der Waals surface area contributed by atoms with Crippen molar-refractivity contribution in [2.75, 3.05) is 18.2 Å². The Balaban J connectivity index is 1.75. The third kappa shape index (κ3) is 4.00. The maximum atomic E-state index is 12.3. The molecule has 3 rings (SSSR count). The van der Waals surface area contributed by atoms with Crippen molar-refractivity contribution >= 4 is 52.3 Å². The predicted molar refractivity (Wildman–Crippen MR) is 106 cm³/mol. The summed E-state index contributed by atoms with van der Waals surface area (Å²) in [7, 11) is 1.59. The number of anilines is 1. The minimum absolute atomic E-state index is 0.0564. The molecule has 1 amide bonds. The number of ether oxygens (including phenoxy) is 1. The lowest BCUT2D eigenvalue weighted by atomic mass is 10.2. The molecule has 5 nitrogen and oxygen atoms in total. The van der Waals surface area contributed by atoms with Gasteiger partial charge in [0.2, 0.25) is 0 Å². The molecule has 2 N–H and O–H groups in total. The monoisotopic (exact) mass is 393 g/mol. The van der Waals surface area contributed by atoms with E-state index in [2.05, 4.69) is 10.7 Å². The fraction of sp³-hybridized carbons (Fsp3) is 0.176. The average molecular weight is 394 g/mol. The lowest BCUT2D eigenvalue weighted by Gasteiger charge is -2.26. The summed E-state index contributed by atoms with van der Waals surface area (Å²) in [6.07, 6.45) is 0. The van der Waals surface area contributed by atoms with E-state index >= 15 is 0 Å². The van der Waals surface area contributed by atoms with Crippen molar-refractivity contribution in [3.8, 4) is 5.75 Å². The largest absolute Gasteiger partial charge is 0.495 e. The van der Waals surface area contributed by atoms with Crippen LogP contribution in [0.25, 0.3) is 0 Å². The van der Waals surface area contributed by atoms with Crippen LogP contribution in [0.1, 0.15) is 10.9 Å². The Bertz CT molecular complexity index is 803. The number of benzene rings is 2. The normalized spacial score (nSPS) is 16.6. The molecule has 1 aliphatic heterocycles. The lowest BCUT2D eigenvalue weighted by Crippen LogP contribution is -2.46. The molecule has 1 aliphatic rings. The van der Waals surface area contributed by atoms with Crippen LogP contribution in [0.15, 0.2) is 48.5 Å². The zero-order chi connectivity index (χ0) is 17.8. The highest BCUT2D eigenvalue weighted by molar-refractivity contribution is 8.00. The second-order valence-corrected chi connectivity index (χ2v) is 7.10. The highest BCUT2D eigenvalue weighted by Gasteiger charge is 2.34. The van der Waals surface area contributed by atoms with Crippen LogP contribution in [-0.2, 0) is 4.79 Å². The van der Waals surface area contributed by atoms with E-state index in [-0.39, 0.29) is 11.3 Å². The van der Waals surface area contributed by atoms with Crippen molar-refractivity contribution in [1.82, 2.24) is 10.4 Å². The molecule has 2 aromatic rings. The summed E-state index contributed by atoms with van der Waals surface area (Å²) in [5.41, 5.74) is 4.56. The van der Waals surface area contributed by atoms with Gasteiger partial charge >= 0.3 is 0 Å². The van der Waals surface area contributed by atoms with Crippen molar-refractivity contribution < 1.29 is 9.53 Å². The second-order valence-electron chi connectivity index (χ2n) is 5.21. The first kappa shape index (κ1) is 17.8. The second kappa shape index (κ2) is 7.95. The first-order chi connectivity index (χ1) is 12.1. The van der Waals surface area contributed by atoms with E-state index < -0.39 is 0 Å². The van der Waals surface area contributed by atoms with E-state index in [9.17, 15) is 4.79 Å². The zero-order valence-corrected chi connectivity index (χ0v) is 15.8. The minimum Gasteiger partial charge on any atom is -0.495 e. The van der Waals surface area contributed by atoms with Crippen molar-refractivity contribution in [3.63, 3.8) is 0 Å². The molecule has 0 saturated carbocycles. The number of thioether (sulfide) groups is 1. The number of carbonyl (C=O) groups is 1. The highest BCUT2D eigenvalue weighted by Crippen LogP contribution is 2.40. The van der Waals surface area contributed by atoms with Crippen molar-refractivity contribution in [3.05, 3.63) is 59.1 Å². The van der Waals surface area contributed by atoms with Gasteiger partial charge in [0, 0.05) is 10.6 Å². The van der Waals surface area contributed by atoms with Crippen LogP contribution < -0.4 is 15.5 Å². The molecule has 0 unspecified atom stereocenters. The molecule has 1 atom stereocenters. The summed E-state index contributed by atoms with van der Waals surface area (Å²) < 4.78 is 5.29. The molecule has 0 aromatic heterocycles. The molecule has 0 radical (unpaired) electrons. The Morgan fingerprint density at radius 2 is 2.00 bits per heavy atom. The molecule has 1 saturated heterocycles. The van der Waals surface area contributed by atoms with Gasteiger partial charge in [-0.3, -0.25) is 10.2 Å². The van der Waals surface area contributed by atoms with Gasteiger partial charge in [0.05, 0.1) is 18.6 Å². The van der Waals surface area contributed by atoms with Gasteiger partial charge < -0.3 is 10.1 Å². The SMILES string of the molecule is COc1ccccc1NC(=S)NN1C(=O)CS[C@H]1c1ccccc1Cl.